The number of amides is 3. The number of hydrogen-bond acceptors (Lipinski definition) is 2. The number of likely N-dealkylation sites (N-methyl/N-ethyl adjacent to an activating group) is 1. The standard InChI is InChI=1S/C16H11Cl2N2O2/c1-19-14(10-5-3-2-4-6-10)15(21)20(16(19)22)11-7-8-12(17)13(18)9-11/h2-3,5-9,14H,1H3. The highest BCUT2D eigenvalue weighted by Crippen LogP contribution is 2.35. The minimum absolute atomic E-state index is 0.291. The molecule has 0 N–H and O–H groups in total. The molecule has 0 bridgehead atoms. The Bertz CT molecular complexity index is 749. The summed E-state index contributed by atoms with van der Waals surface area (Å²) in [5, 5.41) is 0.658. The van der Waals surface area contributed by atoms with Crippen molar-refractivity contribution in [1.29, 1.82) is 0 Å². The Morgan fingerprint density at radius 2 is 1.91 bits per heavy atom. The van der Waals surface area contributed by atoms with Gasteiger partial charge in [-0.2, -0.15) is 0 Å². The molecule has 1 aliphatic heterocycles. The summed E-state index contributed by atoms with van der Waals surface area (Å²) in [4.78, 5) is 27.6. The first-order chi connectivity index (χ1) is 10.5. The van der Waals surface area contributed by atoms with Gasteiger partial charge in [0.25, 0.3) is 5.91 Å². The van der Waals surface area contributed by atoms with E-state index in [9.17, 15) is 9.59 Å². The predicted molar refractivity (Wildman–Crippen MR) is 85.1 cm³/mol. The number of carbonyl (C=O) groups excluding carboxylic acids is 2. The summed E-state index contributed by atoms with van der Waals surface area (Å²) in [5.74, 6) is -0.328. The van der Waals surface area contributed by atoms with Gasteiger partial charge in [-0.1, -0.05) is 41.4 Å². The molecule has 1 aliphatic rings. The Morgan fingerprint density at radius 1 is 1.14 bits per heavy atom. The van der Waals surface area contributed by atoms with Crippen LogP contribution in [0.15, 0.2) is 42.5 Å². The van der Waals surface area contributed by atoms with Gasteiger partial charge < -0.3 is 4.90 Å². The molecule has 1 atom stereocenters. The van der Waals surface area contributed by atoms with Gasteiger partial charge in [-0.15, -0.1) is 0 Å². The average Bonchev–Trinajstić information content (AvgIpc) is 2.73. The van der Waals surface area contributed by atoms with E-state index in [1.54, 1.807) is 43.4 Å². The van der Waals surface area contributed by atoms with Crippen molar-refractivity contribution < 1.29 is 9.59 Å². The van der Waals surface area contributed by atoms with Gasteiger partial charge in [0.1, 0.15) is 6.04 Å². The summed E-state index contributed by atoms with van der Waals surface area (Å²) in [7, 11) is 1.59. The first kappa shape index (κ1) is 14.9. The van der Waals surface area contributed by atoms with E-state index in [-0.39, 0.29) is 5.91 Å². The zero-order valence-electron chi connectivity index (χ0n) is 11.6. The highest BCUT2D eigenvalue weighted by Gasteiger charge is 2.44. The largest absolute Gasteiger partial charge is 0.332 e. The molecular formula is C16H11Cl2N2O2. The molecule has 1 heterocycles. The zero-order chi connectivity index (χ0) is 15.9. The van der Waals surface area contributed by atoms with Gasteiger partial charge in [0, 0.05) is 7.05 Å². The lowest BCUT2D eigenvalue weighted by Gasteiger charge is -2.15. The summed E-state index contributed by atoms with van der Waals surface area (Å²) in [6, 6.07) is 13.5. The third-order valence-corrected chi connectivity index (χ3v) is 4.28. The van der Waals surface area contributed by atoms with E-state index < -0.39 is 12.1 Å². The minimum atomic E-state index is -0.667. The lowest BCUT2D eigenvalue weighted by molar-refractivity contribution is -0.119. The van der Waals surface area contributed by atoms with Crippen LogP contribution in [0, 0.1) is 6.07 Å². The molecule has 3 amide bonds. The Hall–Kier alpha value is -2.04. The van der Waals surface area contributed by atoms with Gasteiger partial charge >= 0.3 is 6.03 Å². The van der Waals surface area contributed by atoms with Crippen molar-refractivity contribution >= 4 is 40.8 Å². The van der Waals surface area contributed by atoms with Gasteiger partial charge in [-0.3, -0.25) is 4.79 Å². The third kappa shape index (κ3) is 2.34. The van der Waals surface area contributed by atoms with Gasteiger partial charge in [0.05, 0.1) is 15.7 Å². The zero-order valence-corrected chi connectivity index (χ0v) is 13.1. The van der Waals surface area contributed by atoms with Gasteiger partial charge in [0.15, 0.2) is 0 Å². The van der Waals surface area contributed by atoms with Gasteiger partial charge in [0.2, 0.25) is 0 Å². The minimum Gasteiger partial charge on any atom is -0.311 e. The summed E-state index contributed by atoms with van der Waals surface area (Å²) >= 11 is 11.9. The van der Waals surface area contributed by atoms with Crippen LogP contribution in [0.25, 0.3) is 0 Å². The topological polar surface area (TPSA) is 40.6 Å². The molecule has 1 saturated heterocycles. The van der Waals surface area contributed by atoms with Gasteiger partial charge in [-0.25, -0.2) is 9.69 Å². The quantitative estimate of drug-likeness (QED) is 0.781. The highest BCUT2D eigenvalue weighted by molar-refractivity contribution is 6.42. The second kappa shape index (κ2) is 5.63. The van der Waals surface area contributed by atoms with Crippen molar-refractivity contribution in [2.24, 2.45) is 0 Å². The number of anilines is 1. The molecule has 0 aliphatic carbocycles. The maximum Gasteiger partial charge on any atom is 0.332 e. The Kier molecular flexibility index (Phi) is 3.81. The summed E-state index contributed by atoms with van der Waals surface area (Å²) in [6.07, 6.45) is 0. The lowest BCUT2D eigenvalue weighted by atomic mass is 10.1. The Balaban J connectivity index is 2.02. The first-order valence-electron chi connectivity index (χ1n) is 6.52. The van der Waals surface area contributed by atoms with E-state index >= 15 is 0 Å². The van der Waals surface area contributed by atoms with Crippen LogP contribution in [0.2, 0.25) is 10.0 Å². The van der Waals surface area contributed by atoms with Crippen molar-refractivity contribution in [3.63, 3.8) is 0 Å². The number of rotatable bonds is 2. The number of hydrogen-bond donors (Lipinski definition) is 0. The molecule has 0 saturated carbocycles. The molecule has 22 heavy (non-hydrogen) atoms. The van der Waals surface area contributed by atoms with E-state index in [1.165, 1.54) is 11.0 Å². The van der Waals surface area contributed by atoms with Crippen molar-refractivity contribution in [1.82, 2.24) is 4.90 Å². The van der Waals surface area contributed by atoms with E-state index in [1.807, 2.05) is 0 Å². The molecule has 6 heteroatoms. The molecule has 2 aromatic carbocycles. The molecule has 1 unspecified atom stereocenters. The summed E-state index contributed by atoms with van der Waals surface area (Å²) in [5.41, 5.74) is 1.12. The average molecular weight is 334 g/mol. The first-order valence-corrected chi connectivity index (χ1v) is 7.28. The molecule has 3 rings (SSSR count). The lowest BCUT2D eigenvalue weighted by Crippen LogP contribution is -2.31. The maximum atomic E-state index is 12.7. The smallest absolute Gasteiger partial charge is 0.311 e. The Labute approximate surface area is 137 Å². The van der Waals surface area contributed by atoms with Crippen LogP contribution in [-0.2, 0) is 4.79 Å². The van der Waals surface area contributed by atoms with E-state index in [0.29, 0.717) is 21.3 Å². The second-order valence-corrected chi connectivity index (χ2v) is 5.72. The number of nitrogens with zero attached hydrogens (tertiary/aromatic N) is 2. The number of imide groups is 1. The van der Waals surface area contributed by atoms with Crippen molar-refractivity contribution in [2.75, 3.05) is 11.9 Å². The molecular weight excluding hydrogens is 323 g/mol. The molecule has 1 fully saturated rings. The number of benzene rings is 2. The summed E-state index contributed by atoms with van der Waals surface area (Å²) in [6.45, 7) is 0. The van der Waals surface area contributed by atoms with Crippen LogP contribution in [0.5, 0.6) is 0 Å². The van der Waals surface area contributed by atoms with E-state index in [2.05, 4.69) is 6.07 Å². The third-order valence-electron chi connectivity index (χ3n) is 3.54. The van der Waals surface area contributed by atoms with Crippen LogP contribution < -0.4 is 4.90 Å². The van der Waals surface area contributed by atoms with Gasteiger partial charge in [-0.05, 0) is 35.9 Å². The fraction of sp³-hybridized carbons (Fsp3) is 0.125. The van der Waals surface area contributed by atoms with Crippen LogP contribution in [0.3, 0.4) is 0 Å². The van der Waals surface area contributed by atoms with Crippen LogP contribution in [0.1, 0.15) is 11.6 Å². The summed E-state index contributed by atoms with van der Waals surface area (Å²) < 4.78 is 0. The normalized spacial score (nSPS) is 18.2. The molecule has 111 valence electrons. The molecule has 1 radical (unpaired) electrons. The van der Waals surface area contributed by atoms with Crippen LogP contribution in [-0.4, -0.2) is 23.9 Å². The van der Waals surface area contributed by atoms with Crippen LogP contribution in [0.4, 0.5) is 10.5 Å². The molecule has 4 nitrogen and oxygen atoms in total. The highest BCUT2D eigenvalue weighted by atomic mass is 35.5. The number of carbonyl (C=O) groups is 2. The number of halogens is 2. The maximum absolute atomic E-state index is 12.7. The number of urea groups is 1. The fourth-order valence-electron chi connectivity index (χ4n) is 2.46. The SMILES string of the molecule is CN1C(=O)N(c2ccc(Cl)c(Cl)c2)C(=O)C1c1c[c]ccc1. The molecule has 0 aromatic heterocycles. The van der Waals surface area contributed by atoms with Crippen molar-refractivity contribution in [2.45, 2.75) is 6.04 Å². The van der Waals surface area contributed by atoms with Crippen molar-refractivity contribution in [3.05, 3.63) is 64.1 Å². The monoisotopic (exact) mass is 333 g/mol. The Morgan fingerprint density at radius 3 is 2.55 bits per heavy atom. The van der Waals surface area contributed by atoms with Crippen LogP contribution >= 0.6 is 23.2 Å². The fourth-order valence-corrected chi connectivity index (χ4v) is 2.75. The second-order valence-electron chi connectivity index (χ2n) is 4.90. The molecule has 0 spiro atoms. The van der Waals surface area contributed by atoms with E-state index in [0.717, 1.165) is 4.90 Å². The van der Waals surface area contributed by atoms with Crippen molar-refractivity contribution in [3.8, 4) is 0 Å². The molecule has 2 aromatic rings. The predicted octanol–water partition coefficient (Wildman–Crippen LogP) is 3.93. The van der Waals surface area contributed by atoms with E-state index in [4.69, 9.17) is 23.2 Å².